The molecule has 1 aliphatic heterocycles. The average molecular weight is 448 g/mol. The molecule has 0 spiro atoms. The summed E-state index contributed by atoms with van der Waals surface area (Å²) in [7, 11) is 0. The van der Waals surface area contributed by atoms with Gasteiger partial charge in [-0.15, -0.1) is 0 Å². The maximum absolute atomic E-state index is 14.1. The summed E-state index contributed by atoms with van der Waals surface area (Å²) in [6.07, 6.45) is 1.77. The largest absolute Gasteiger partial charge is 0.398 e. The number of amides is 2. The first kappa shape index (κ1) is 21.0. The molecular formula is C21H20ClF2N5O2. The van der Waals surface area contributed by atoms with E-state index in [-0.39, 0.29) is 36.6 Å². The van der Waals surface area contributed by atoms with E-state index >= 15 is 0 Å². The number of fused-ring (bicyclic) bond motifs is 1. The SMILES string of the molecule is Nc1ccnc2c1ccn2CC(=O)N1CC(F)CC1C(=O)NCc1cccc(Cl)c1F. The zero-order valence-electron chi connectivity index (χ0n) is 16.4. The van der Waals surface area contributed by atoms with Crippen molar-refractivity contribution in [1.29, 1.82) is 0 Å². The van der Waals surface area contributed by atoms with Crippen molar-refractivity contribution in [3.8, 4) is 0 Å². The molecule has 1 aromatic carbocycles. The molecule has 0 radical (unpaired) electrons. The molecule has 0 aliphatic carbocycles. The van der Waals surface area contributed by atoms with Crippen LogP contribution in [-0.4, -0.2) is 45.0 Å². The van der Waals surface area contributed by atoms with Crippen LogP contribution in [0.15, 0.2) is 42.7 Å². The third-order valence-electron chi connectivity index (χ3n) is 5.36. The van der Waals surface area contributed by atoms with Crippen LogP contribution in [0.5, 0.6) is 0 Å². The molecule has 4 rings (SSSR count). The number of nitrogens with zero attached hydrogens (tertiary/aromatic N) is 3. The second-order valence-corrected chi connectivity index (χ2v) is 7.81. The third-order valence-corrected chi connectivity index (χ3v) is 5.65. The van der Waals surface area contributed by atoms with Gasteiger partial charge in [0.1, 0.15) is 30.2 Å². The summed E-state index contributed by atoms with van der Waals surface area (Å²) in [4.78, 5) is 31.0. The van der Waals surface area contributed by atoms with Crippen molar-refractivity contribution >= 4 is 40.1 Å². The molecule has 10 heteroatoms. The number of nitrogens with one attached hydrogen (secondary N) is 1. The summed E-state index contributed by atoms with van der Waals surface area (Å²) < 4.78 is 29.8. The summed E-state index contributed by atoms with van der Waals surface area (Å²) >= 11 is 5.75. The van der Waals surface area contributed by atoms with Gasteiger partial charge in [0.25, 0.3) is 0 Å². The van der Waals surface area contributed by atoms with Gasteiger partial charge >= 0.3 is 0 Å². The highest BCUT2D eigenvalue weighted by Crippen LogP contribution is 2.24. The lowest BCUT2D eigenvalue weighted by molar-refractivity contribution is -0.139. The number of benzene rings is 1. The van der Waals surface area contributed by atoms with Crippen molar-refractivity contribution in [3.63, 3.8) is 0 Å². The van der Waals surface area contributed by atoms with Crippen LogP contribution in [0, 0.1) is 5.82 Å². The van der Waals surface area contributed by atoms with Crippen molar-refractivity contribution < 1.29 is 18.4 Å². The van der Waals surface area contributed by atoms with Gasteiger partial charge in [-0.25, -0.2) is 13.8 Å². The van der Waals surface area contributed by atoms with Gasteiger partial charge in [-0.05, 0) is 18.2 Å². The molecule has 0 bridgehead atoms. The number of halogens is 3. The number of carbonyl (C=O) groups is 2. The Balaban J connectivity index is 1.46. The van der Waals surface area contributed by atoms with Gasteiger partial charge < -0.3 is 20.5 Å². The summed E-state index contributed by atoms with van der Waals surface area (Å²) in [5.74, 6) is -1.60. The molecule has 31 heavy (non-hydrogen) atoms. The Morgan fingerprint density at radius 1 is 1.29 bits per heavy atom. The fourth-order valence-electron chi connectivity index (χ4n) is 3.77. The Morgan fingerprint density at radius 2 is 2.10 bits per heavy atom. The highest BCUT2D eigenvalue weighted by atomic mass is 35.5. The minimum absolute atomic E-state index is 0.0542. The maximum Gasteiger partial charge on any atom is 0.243 e. The van der Waals surface area contributed by atoms with Crippen LogP contribution in [0.1, 0.15) is 12.0 Å². The van der Waals surface area contributed by atoms with Gasteiger partial charge in [-0.3, -0.25) is 9.59 Å². The summed E-state index contributed by atoms with van der Waals surface area (Å²) in [5, 5.41) is 3.23. The maximum atomic E-state index is 14.1. The second-order valence-electron chi connectivity index (χ2n) is 7.41. The van der Waals surface area contributed by atoms with Crippen LogP contribution in [0.25, 0.3) is 11.0 Å². The van der Waals surface area contributed by atoms with E-state index in [2.05, 4.69) is 10.3 Å². The van der Waals surface area contributed by atoms with E-state index in [1.807, 2.05) is 0 Å². The highest BCUT2D eigenvalue weighted by molar-refractivity contribution is 6.30. The number of likely N-dealkylation sites (tertiary alicyclic amines) is 1. The lowest BCUT2D eigenvalue weighted by Gasteiger charge is -2.24. The molecule has 2 aromatic heterocycles. The number of pyridine rings is 1. The normalized spacial score (nSPS) is 18.5. The topological polar surface area (TPSA) is 93.2 Å². The number of nitrogen functional groups attached to an aromatic ring is 1. The standard InChI is InChI=1S/C21H20ClF2N5O2/c22-15-3-1-2-12(19(15)24)9-27-21(31)17-8-13(23)10-29(17)18(30)11-28-7-5-14-16(25)4-6-26-20(14)28/h1-7,13,17H,8-11H2,(H2,25,26)(H,27,31). The molecule has 2 unspecified atom stereocenters. The first-order valence-corrected chi connectivity index (χ1v) is 10.1. The minimum Gasteiger partial charge on any atom is -0.398 e. The monoisotopic (exact) mass is 447 g/mol. The Morgan fingerprint density at radius 3 is 2.90 bits per heavy atom. The summed E-state index contributed by atoms with van der Waals surface area (Å²) in [6, 6.07) is 6.89. The van der Waals surface area contributed by atoms with Crippen molar-refractivity contribution in [2.75, 3.05) is 12.3 Å². The molecule has 0 saturated carbocycles. The quantitative estimate of drug-likeness (QED) is 0.629. The first-order valence-electron chi connectivity index (χ1n) is 9.68. The van der Waals surface area contributed by atoms with Crippen molar-refractivity contribution in [3.05, 3.63) is 59.1 Å². The van der Waals surface area contributed by atoms with Gasteiger partial charge in [-0.1, -0.05) is 23.7 Å². The number of anilines is 1. The fourth-order valence-corrected chi connectivity index (χ4v) is 3.96. The van der Waals surface area contributed by atoms with E-state index in [0.717, 1.165) is 0 Å². The van der Waals surface area contributed by atoms with Crippen molar-refractivity contribution in [2.45, 2.75) is 31.7 Å². The van der Waals surface area contributed by atoms with E-state index in [1.54, 1.807) is 29.0 Å². The predicted octanol–water partition coefficient (Wildman–Crippen LogP) is 2.67. The van der Waals surface area contributed by atoms with E-state index in [1.165, 1.54) is 23.2 Å². The van der Waals surface area contributed by atoms with Gasteiger partial charge in [0.15, 0.2) is 0 Å². The lowest BCUT2D eigenvalue weighted by atomic mass is 10.1. The molecule has 162 valence electrons. The second kappa shape index (κ2) is 8.50. The number of hydrogen-bond acceptors (Lipinski definition) is 4. The molecular weight excluding hydrogens is 428 g/mol. The molecule has 1 fully saturated rings. The zero-order valence-corrected chi connectivity index (χ0v) is 17.1. The molecule has 7 nitrogen and oxygen atoms in total. The van der Waals surface area contributed by atoms with Crippen LogP contribution in [0.2, 0.25) is 5.02 Å². The molecule has 3 N–H and O–H groups in total. The molecule has 1 saturated heterocycles. The van der Waals surface area contributed by atoms with Gasteiger partial charge in [0.05, 0.1) is 11.6 Å². The molecule has 3 aromatic rings. The first-order chi connectivity index (χ1) is 14.8. The number of nitrogens with two attached hydrogens (primary N) is 1. The summed E-state index contributed by atoms with van der Waals surface area (Å²) in [6.45, 7) is -0.414. The minimum atomic E-state index is -1.32. The smallest absolute Gasteiger partial charge is 0.243 e. The van der Waals surface area contributed by atoms with Gasteiger partial charge in [0, 0.05) is 42.0 Å². The van der Waals surface area contributed by atoms with Gasteiger partial charge in [-0.2, -0.15) is 0 Å². The Bertz CT molecular complexity index is 1150. The molecule has 3 heterocycles. The van der Waals surface area contributed by atoms with Crippen LogP contribution < -0.4 is 11.1 Å². The van der Waals surface area contributed by atoms with Crippen molar-refractivity contribution in [1.82, 2.24) is 19.8 Å². The van der Waals surface area contributed by atoms with E-state index in [4.69, 9.17) is 17.3 Å². The Labute approximate surface area is 181 Å². The van der Waals surface area contributed by atoms with Crippen LogP contribution in [0.3, 0.4) is 0 Å². The van der Waals surface area contributed by atoms with E-state index < -0.39 is 29.8 Å². The predicted molar refractivity (Wildman–Crippen MR) is 112 cm³/mol. The average Bonchev–Trinajstić information content (AvgIpc) is 3.33. The molecule has 2 atom stereocenters. The molecule has 2 amide bonds. The number of rotatable bonds is 5. The number of hydrogen-bond donors (Lipinski definition) is 2. The fraction of sp³-hybridized carbons (Fsp3) is 0.286. The summed E-state index contributed by atoms with van der Waals surface area (Å²) in [5.41, 5.74) is 7.19. The van der Waals surface area contributed by atoms with Crippen LogP contribution >= 0.6 is 11.6 Å². The van der Waals surface area contributed by atoms with Gasteiger partial charge in [0.2, 0.25) is 11.8 Å². The Kier molecular flexibility index (Phi) is 5.77. The van der Waals surface area contributed by atoms with E-state index in [0.29, 0.717) is 16.7 Å². The van der Waals surface area contributed by atoms with Crippen molar-refractivity contribution in [2.24, 2.45) is 0 Å². The number of aromatic nitrogens is 2. The zero-order chi connectivity index (χ0) is 22.1. The van der Waals surface area contributed by atoms with E-state index in [9.17, 15) is 18.4 Å². The van der Waals surface area contributed by atoms with Crippen LogP contribution in [-0.2, 0) is 22.7 Å². The number of carbonyl (C=O) groups excluding carboxylic acids is 2. The number of alkyl halides is 1. The lowest BCUT2D eigenvalue weighted by Crippen LogP contribution is -2.46. The highest BCUT2D eigenvalue weighted by Gasteiger charge is 2.39. The molecule has 1 aliphatic rings. The van der Waals surface area contributed by atoms with Crippen LogP contribution in [0.4, 0.5) is 14.5 Å². The Hall–Kier alpha value is -3.20. The third kappa shape index (κ3) is 4.18.